The Morgan fingerprint density at radius 1 is 1.36 bits per heavy atom. The van der Waals surface area contributed by atoms with Crippen LogP contribution in [0.5, 0.6) is 0 Å². The highest BCUT2D eigenvalue weighted by molar-refractivity contribution is 5.74. The van der Waals surface area contributed by atoms with Gasteiger partial charge in [-0.1, -0.05) is 30.3 Å². The molecule has 0 saturated carbocycles. The van der Waals surface area contributed by atoms with E-state index in [1.807, 2.05) is 30.3 Å². The summed E-state index contributed by atoms with van der Waals surface area (Å²) in [7, 11) is 0. The zero-order chi connectivity index (χ0) is 10.6. The monoisotopic (exact) mass is 194 g/mol. The molecule has 0 spiro atoms. The number of carboxylic acids is 1. The third-order valence-electron chi connectivity index (χ3n) is 2.30. The zero-order valence-electron chi connectivity index (χ0n) is 8.10. The van der Waals surface area contributed by atoms with Crippen LogP contribution in [0.2, 0.25) is 0 Å². The van der Waals surface area contributed by atoms with E-state index in [9.17, 15) is 4.79 Å². The highest BCUT2D eigenvalue weighted by Crippen LogP contribution is 2.21. The Balaban J connectivity index is 2.81. The molecule has 3 heteroatoms. The Hall–Kier alpha value is -1.35. The van der Waals surface area contributed by atoms with Gasteiger partial charge in [0.1, 0.15) is 0 Å². The fourth-order valence-electron chi connectivity index (χ4n) is 1.25. The van der Waals surface area contributed by atoms with Gasteiger partial charge in [-0.3, -0.25) is 4.79 Å². The number of aliphatic hydroxyl groups excluding tert-OH is 1. The van der Waals surface area contributed by atoms with Crippen LogP contribution in [0, 0.1) is 5.41 Å². The predicted octanol–water partition coefficient (Wildman–Crippen LogP) is 1.31. The third kappa shape index (κ3) is 2.33. The molecule has 0 aliphatic rings. The number of aliphatic carboxylic acids is 1. The minimum atomic E-state index is -1.08. The summed E-state index contributed by atoms with van der Waals surface area (Å²) < 4.78 is 0. The van der Waals surface area contributed by atoms with Crippen molar-refractivity contribution in [1.82, 2.24) is 0 Å². The molecule has 0 aliphatic carbocycles. The summed E-state index contributed by atoms with van der Waals surface area (Å²) in [5, 5.41) is 18.0. The molecular formula is C11H14O3. The SMILES string of the molecule is CC(CO)(Cc1ccccc1)C(=O)O. The van der Waals surface area contributed by atoms with Crippen LogP contribution in [-0.4, -0.2) is 22.8 Å². The molecule has 1 aromatic rings. The highest BCUT2D eigenvalue weighted by Gasteiger charge is 2.32. The maximum Gasteiger partial charge on any atom is 0.312 e. The van der Waals surface area contributed by atoms with Crippen LogP contribution in [-0.2, 0) is 11.2 Å². The van der Waals surface area contributed by atoms with Gasteiger partial charge < -0.3 is 10.2 Å². The summed E-state index contributed by atoms with van der Waals surface area (Å²) in [6.45, 7) is 1.19. The van der Waals surface area contributed by atoms with E-state index in [1.54, 1.807) is 6.92 Å². The van der Waals surface area contributed by atoms with E-state index >= 15 is 0 Å². The summed E-state index contributed by atoms with van der Waals surface area (Å²) in [6.07, 6.45) is 0.347. The average molecular weight is 194 g/mol. The van der Waals surface area contributed by atoms with Gasteiger partial charge in [0.2, 0.25) is 0 Å². The second kappa shape index (κ2) is 4.24. The fraction of sp³-hybridized carbons (Fsp3) is 0.364. The number of hydrogen-bond donors (Lipinski definition) is 2. The lowest BCUT2D eigenvalue weighted by atomic mass is 9.84. The Morgan fingerprint density at radius 2 is 1.93 bits per heavy atom. The van der Waals surface area contributed by atoms with Crippen LogP contribution in [0.15, 0.2) is 30.3 Å². The summed E-state index contributed by atoms with van der Waals surface area (Å²) in [6, 6.07) is 9.30. The van der Waals surface area contributed by atoms with Crippen molar-refractivity contribution in [1.29, 1.82) is 0 Å². The van der Waals surface area contributed by atoms with Gasteiger partial charge in [-0.05, 0) is 18.9 Å². The van der Waals surface area contributed by atoms with Gasteiger partial charge >= 0.3 is 5.97 Å². The van der Waals surface area contributed by atoms with Gasteiger partial charge in [0.15, 0.2) is 0 Å². The van der Waals surface area contributed by atoms with Gasteiger partial charge in [-0.15, -0.1) is 0 Å². The van der Waals surface area contributed by atoms with Gasteiger partial charge in [0.25, 0.3) is 0 Å². The molecule has 1 rings (SSSR count). The summed E-state index contributed by atoms with van der Waals surface area (Å²) in [5.41, 5.74) is -0.159. The van der Waals surface area contributed by atoms with Crippen molar-refractivity contribution in [2.24, 2.45) is 5.41 Å². The Kier molecular flexibility index (Phi) is 3.25. The molecule has 1 atom stereocenters. The van der Waals surface area contributed by atoms with Crippen LogP contribution in [0.1, 0.15) is 12.5 Å². The smallest absolute Gasteiger partial charge is 0.312 e. The lowest BCUT2D eigenvalue weighted by Gasteiger charge is -2.21. The lowest BCUT2D eigenvalue weighted by Crippen LogP contribution is -2.33. The van der Waals surface area contributed by atoms with Crippen molar-refractivity contribution in [3.8, 4) is 0 Å². The molecule has 0 aromatic heterocycles. The van der Waals surface area contributed by atoms with Crippen LogP contribution < -0.4 is 0 Å². The first-order chi connectivity index (χ1) is 6.58. The van der Waals surface area contributed by atoms with Gasteiger partial charge in [-0.2, -0.15) is 0 Å². The standard InChI is InChI=1S/C11H14O3/c1-11(8-12,10(13)14)7-9-5-3-2-4-6-9/h2-6,12H,7-8H2,1H3,(H,13,14). The molecule has 76 valence electrons. The van der Waals surface area contributed by atoms with Crippen LogP contribution in [0.3, 0.4) is 0 Å². The largest absolute Gasteiger partial charge is 0.481 e. The molecule has 1 aromatic carbocycles. The second-order valence-corrected chi connectivity index (χ2v) is 3.69. The summed E-state index contributed by atoms with van der Waals surface area (Å²) in [5.74, 6) is -0.969. The van der Waals surface area contributed by atoms with E-state index in [-0.39, 0.29) is 6.61 Å². The predicted molar refractivity (Wildman–Crippen MR) is 53.0 cm³/mol. The normalized spacial score (nSPS) is 14.7. The van der Waals surface area contributed by atoms with E-state index in [2.05, 4.69) is 0 Å². The first-order valence-electron chi connectivity index (χ1n) is 4.47. The molecule has 0 aliphatic heterocycles. The fourth-order valence-corrected chi connectivity index (χ4v) is 1.25. The van der Waals surface area contributed by atoms with Crippen molar-refractivity contribution in [2.45, 2.75) is 13.3 Å². The quantitative estimate of drug-likeness (QED) is 0.759. The number of aliphatic hydroxyl groups is 1. The van der Waals surface area contributed by atoms with Crippen molar-refractivity contribution < 1.29 is 15.0 Å². The molecule has 0 heterocycles. The number of hydrogen-bond acceptors (Lipinski definition) is 2. The maximum atomic E-state index is 10.9. The maximum absolute atomic E-state index is 10.9. The highest BCUT2D eigenvalue weighted by atomic mass is 16.4. The van der Waals surface area contributed by atoms with E-state index in [0.717, 1.165) is 5.56 Å². The molecule has 0 bridgehead atoms. The lowest BCUT2D eigenvalue weighted by molar-refractivity contribution is -0.150. The minimum absolute atomic E-state index is 0.347. The van der Waals surface area contributed by atoms with Crippen LogP contribution in [0.25, 0.3) is 0 Å². The number of rotatable bonds is 4. The zero-order valence-corrected chi connectivity index (χ0v) is 8.10. The molecule has 0 amide bonds. The van der Waals surface area contributed by atoms with E-state index in [4.69, 9.17) is 10.2 Å². The van der Waals surface area contributed by atoms with Crippen molar-refractivity contribution in [3.05, 3.63) is 35.9 Å². The number of benzene rings is 1. The topological polar surface area (TPSA) is 57.5 Å². The van der Waals surface area contributed by atoms with Crippen molar-refractivity contribution >= 4 is 5.97 Å². The van der Waals surface area contributed by atoms with E-state index in [1.165, 1.54) is 0 Å². The molecule has 0 radical (unpaired) electrons. The minimum Gasteiger partial charge on any atom is -0.481 e. The Morgan fingerprint density at radius 3 is 2.36 bits per heavy atom. The van der Waals surface area contributed by atoms with Crippen LogP contribution in [0.4, 0.5) is 0 Å². The van der Waals surface area contributed by atoms with Crippen molar-refractivity contribution in [2.75, 3.05) is 6.61 Å². The summed E-state index contributed by atoms with van der Waals surface area (Å²) in [4.78, 5) is 10.9. The second-order valence-electron chi connectivity index (χ2n) is 3.69. The molecule has 0 fully saturated rings. The average Bonchev–Trinajstić information content (AvgIpc) is 2.19. The third-order valence-corrected chi connectivity index (χ3v) is 2.30. The Bertz CT molecular complexity index is 308. The molecule has 14 heavy (non-hydrogen) atoms. The van der Waals surface area contributed by atoms with E-state index < -0.39 is 11.4 Å². The van der Waals surface area contributed by atoms with E-state index in [0.29, 0.717) is 6.42 Å². The molecule has 0 saturated heterocycles. The van der Waals surface area contributed by atoms with Gasteiger partial charge in [0.05, 0.1) is 12.0 Å². The molecular weight excluding hydrogens is 180 g/mol. The first-order valence-corrected chi connectivity index (χ1v) is 4.47. The molecule has 3 nitrogen and oxygen atoms in total. The van der Waals surface area contributed by atoms with Gasteiger partial charge in [0, 0.05) is 0 Å². The number of carbonyl (C=O) groups is 1. The first kappa shape index (κ1) is 10.7. The number of carboxylic acid groups (broad SMARTS) is 1. The van der Waals surface area contributed by atoms with Crippen molar-refractivity contribution in [3.63, 3.8) is 0 Å². The van der Waals surface area contributed by atoms with Crippen LogP contribution >= 0.6 is 0 Å². The Labute approximate surface area is 83.0 Å². The molecule has 1 unspecified atom stereocenters. The molecule has 2 N–H and O–H groups in total. The van der Waals surface area contributed by atoms with Gasteiger partial charge in [-0.25, -0.2) is 0 Å². The summed E-state index contributed by atoms with van der Waals surface area (Å²) >= 11 is 0.